The number of carbonyl (C=O) groups is 1. The molecule has 1 nitrogen and oxygen atoms in total. The van der Waals surface area contributed by atoms with Crippen LogP contribution in [-0.4, -0.2) is 5.78 Å². The molecule has 0 spiro atoms. The fourth-order valence-electron chi connectivity index (χ4n) is 2.04. The van der Waals surface area contributed by atoms with Gasteiger partial charge in [0.25, 0.3) is 0 Å². The molecule has 2 aromatic carbocycles. The van der Waals surface area contributed by atoms with Crippen molar-refractivity contribution in [1.29, 1.82) is 0 Å². The van der Waals surface area contributed by atoms with E-state index in [9.17, 15) is 9.18 Å². The Labute approximate surface area is 106 Å². The third kappa shape index (κ3) is 3.04. The van der Waals surface area contributed by atoms with Crippen LogP contribution < -0.4 is 0 Å². The van der Waals surface area contributed by atoms with E-state index < -0.39 is 0 Å². The SMILES string of the molecule is CC(=O)[C@H](Cc1ccc(F)cc1)c1ccccc1. The van der Waals surface area contributed by atoms with Crippen molar-refractivity contribution >= 4 is 5.78 Å². The van der Waals surface area contributed by atoms with Crippen molar-refractivity contribution in [2.75, 3.05) is 0 Å². The minimum Gasteiger partial charge on any atom is -0.299 e. The predicted octanol–water partition coefficient (Wildman–Crippen LogP) is 3.74. The first-order chi connectivity index (χ1) is 8.66. The molecule has 0 unspecified atom stereocenters. The lowest BCUT2D eigenvalue weighted by Crippen LogP contribution is -2.11. The second-order valence-corrected chi connectivity index (χ2v) is 4.40. The van der Waals surface area contributed by atoms with E-state index in [1.54, 1.807) is 19.1 Å². The Balaban J connectivity index is 2.22. The molecule has 18 heavy (non-hydrogen) atoms. The highest BCUT2D eigenvalue weighted by Gasteiger charge is 2.16. The summed E-state index contributed by atoms with van der Waals surface area (Å²) >= 11 is 0. The molecule has 2 heteroatoms. The molecule has 0 aromatic heterocycles. The molecule has 0 aliphatic heterocycles. The summed E-state index contributed by atoms with van der Waals surface area (Å²) in [5.41, 5.74) is 1.98. The number of halogens is 1. The van der Waals surface area contributed by atoms with E-state index in [1.807, 2.05) is 30.3 Å². The zero-order valence-corrected chi connectivity index (χ0v) is 10.3. The Bertz CT molecular complexity index is 517. The van der Waals surface area contributed by atoms with Gasteiger partial charge >= 0.3 is 0 Å². The second-order valence-electron chi connectivity index (χ2n) is 4.40. The summed E-state index contributed by atoms with van der Waals surface area (Å²) in [5, 5.41) is 0. The Hall–Kier alpha value is -1.96. The maximum absolute atomic E-state index is 12.8. The number of benzene rings is 2. The molecule has 0 aliphatic rings. The number of carbonyl (C=O) groups excluding carboxylic acids is 1. The van der Waals surface area contributed by atoms with Crippen LogP contribution in [0.5, 0.6) is 0 Å². The molecule has 0 amide bonds. The van der Waals surface area contributed by atoms with E-state index in [0.717, 1.165) is 11.1 Å². The Morgan fingerprint density at radius 1 is 1.06 bits per heavy atom. The zero-order valence-electron chi connectivity index (χ0n) is 10.3. The third-order valence-corrected chi connectivity index (χ3v) is 3.05. The van der Waals surface area contributed by atoms with E-state index in [1.165, 1.54) is 12.1 Å². The molecule has 2 aromatic rings. The molecular formula is C16H15FO. The maximum atomic E-state index is 12.8. The van der Waals surface area contributed by atoms with Gasteiger partial charge in [0.15, 0.2) is 0 Å². The van der Waals surface area contributed by atoms with Crippen LogP contribution in [0, 0.1) is 5.82 Å². The van der Waals surface area contributed by atoms with Crippen LogP contribution in [0.4, 0.5) is 4.39 Å². The molecule has 1 atom stereocenters. The summed E-state index contributed by atoms with van der Waals surface area (Å²) in [6, 6.07) is 16.0. The molecule has 0 aliphatic carbocycles. The van der Waals surface area contributed by atoms with Crippen LogP contribution in [-0.2, 0) is 11.2 Å². The molecule has 0 saturated carbocycles. The summed E-state index contributed by atoms with van der Waals surface area (Å²) in [6.07, 6.45) is 0.611. The minimum absolute atomic E-state index is 0.130. The van der Waals surface area contributed by atoms with Crippen molar-refractivity contribution < 1.29 is 9.18 Å². The number of ketones is 1. The molecule has 0 N–H and O–H groups in total. The van der Waals surface area contributed by atoms with Crippen molar-refractivity contribution in [3.05, 3.63) is 71.5 Å². The highest BCUT2D eigenvalue weighted by molar-refractivity contribution is 5.83. The van der Waals surface area contributed by atoms with Crippen LogP contribution in [0.15, 0.2) is 54.6 Å². The van der Waals surface area contributed by atoms with Crippen LogP contribution in [0.2, 0.25) is 0 Å². The molecule has 0 saturated heterocycles. The van der Waals surface area contributed by atoms with Crippen molar-refractivity contribution in [3.8, 4) is 0 Å². The number of hydrogen-bond donors (Lipinski definition) is 0. The summed E-state index contributed by atoms with van der Waals surface area (Å²) in [6.45, 7) is 1.60. The first kappa shape index (κ1) is 12.5. The van der Waals surface area contributed by atoms with Crippen LogP contribution in [0.25, 0.3) is 0 Å². The van der Waals surface area contributed by atoms with Crippen LogP contribution >= 0.6 is 0 Å². The fraction of sp³-hybridized carbons (Fsp3) is 0.188. The zero-order chi connectivity index (χ0) is 13.0. The quantitative estimate of drug-likeness (QED) is 0.798. The van der Waals surface area contributed by atoms with Gasteiger partial charge in [-0.15, -0.1) is 0 Å². The smallest absolute Gasteiger partial charge is 0.137 e. The summed E-state index contributed by atoms with van der Waals surface area (Å²) < 4.78 is 12.8. The van der Waals surface area contributed by atoms with E-state index in [0.29, 0.717) is 6.42 Å². The van der Waals surface area contributed by atoms with Gasteiger partial charge in [0.2, 0.25) is 0 Å². The lowest BCUT2D eigenvalue weighted by atomic mass is 9.89. The maximum Gasteiger partial charge on any atom is 0.137 e. The largest absolute Gasteiger partial charge is 0.299 e. The van der Waals surface area contributed by atoms with E-state index in [-0.39, 0.29) is 17.5 Å². The van der Waals surface area contributed by atoms with Crippen molar-refractivity contribution in [2.45, 2.75) is 19.3 Å². The third-order valence-electron chi connectivity index (χ3n) is 3.05. The minimum atomic E-state index is -0.252. The number of hydrogen-bond acceptors (Lipinski definition) is 1. The molecule has 0 fully saturated rings. The predicted molar refractivity (Wildman–Crippen MR) is 70.0 cm³/mol. The number of Topliss-reactive ketones (excluding diaryl/α,β-unsaturated/α-hetero) is 1. The summed E-state index contributed by atoms with van der Waals surface area (Å²) in [7, 11) is 0. The lowest BCUT2D eigenvalue weighted by Gasteiger charge is -2.14. The Kier molecular flexibility index (Phi) is 3.88. The Morgan fingerprint density at radius 2 is 1.67 bits per heavy atom. The van der Waals surface area contributed by atoms with Gasteiger partial charge in [-0.2, -0.15) is 0 Å². The molecule has 2 rings (SSSR count). The average molecular weight is 242 g/mol. The Morgan fingerprint density at radius 3 is 2.22 bits per heavy atom. The fourth-order valence-corrected chi connectivity index (χ4v) is 2.04. The topological polar surface area (TPSA) is 17.1 Å². The normalized spacial score (nSPS) is 12.1. The van der Waals surface area contributed by atoms with Gasteiger partial charge in [-0.1, -0.05) is 42.5 Å². The van der Waals surface area contributed by atoms with Gasteiger partial charge in [0.05, 0.1) is 0 Å². The van der Waals surface area contributed by atoms with Crippen molar-refractivity contribution in [2.24, 2.45) is 0 Å². The molecule has 0 heterocycles. The van der Waals surface area contributed by atoms with E-state index in [4.69, 9.17) is 0 Å². The summed E-state index contributed by atoms with van der Waals surface area (Å²) in [5.74, 6) is -0.278. The highest BCUT2D eigenvalue weighted by atomic mass is 19.1. The first-order valence-electron chi connectivity index (χ1n) is 5.96. The monoisotopic (exact) mass is 242 g/mol. The summed E-state index contributed by atoms with van der Waals surface area (Å²) in [4.78, 5) is 11.7. The van der Waals surface area contributed by atoms with Gasteiger partial charge in [0.1, 0.15) is 11.6 Å². The van der Waals surface area contributed by atoms with Gasteiger partial charge in [0, 0.05) is 5.92 Å². The van der Waals surface area contributed by atoms with Crippen molar-refractivity contribution in [1.82, 2.24) is 0 Å². The molecule has 0 radical (unpaired) electrons. The standard InChI is InChI=1S/C16H15FO/c1-12(18)16(14-5-3-2-4-6-14)11-13-7-9-15(17)10-8-13/h2-10,16H,11H2,1H3/t16-/m0/s1. The average Bonchev–Trinajstić information content (AvgIpc) is 2.38. The van der Waals surface area contributed by atoms with E-state index in [2.05, 4.69) is 0 Å². The van der Waals surface area contributed by atoms with Gasteiger partial charge < -0.3 is 0 Å². The van der Waals surface area contributed by atoms with Gasteiger partial charge in [-0.05, 0) is 36.6 Å². The highest BCUT2D eigenvalue weighted by Crippen LogP contribution is 2.22. The van der Waals surface area contributed by atoms with E-state index >= 15 is 0 Å². The molecule has 92 valence electrons. The lowest BCUT2D eigenvalue weighted by molar-refractivity contribution is -0.118. The molecule has 0 bridgehead atoms. The van der Waals surface area contributed by atoms with Crippen LogP contribution in [0.1, 0.15) is 24.0 Å². The second kappa shape index (κ2) is 5.58. The first-order valence-corrected chi connectivity index (χ1v) is 5.96. The van der Waals surface area contributed by atoms with Gasteiger partial charge in [-0.25, -0.2) is 4.39 Å². The van der Waals surface area contributed by atoms with Crippen molar-refractivity contribution in [3.63, 3.8) is 0 Å². The van der Waals surface area contributed by atoms with Crippen LogP contribution in [0.3, 0.4) is 0 Å². The van der Waals surface area contributed by atoms with Gasteiger partial charge in [-0.3, -0.25) is 4.79 Å². The molecular weight excluding hydrogens is 227 g/mol. The number of rotatable bonds is 4.